The second kappa shape index (κ2) is 7.88. The van der Waals surface area contributed by atoms with Crippen molar-refractivity contribution in [3.8, 4) is 22.2 Å². The smallest absolute Gasteiger partial charge is 0.274 e. The Kier molecular flexibility index (Phi) is 5.35. The number of aliphatic hydroxyl groups is 1. The zero-order valence-corrected chi connectivity index (χ0v) is 19.1. The summed E-state index contributed by atoms with van der Waals surface area (Å²) in [5, 5.41) is 14.1. The maximum absolute atomic E-state index is 12.7. The molecule has 4 rings (SSSR count). The molecule has 4 aromatic rings. The van der Waals surface area contributed by atoms with Gasteiger partial charge in [0.1, 0.15) is 26.7 Å². The summed E-state index contributed by atoms with van der Waals surface area (Å²) >= 11 is 1.25. The molecule has 9 nitrogen and oxygen atoms in total. The maximum Gasteiger partial charge on any atom is 0.274 e. The normalized spacial score (nSPS) is 11.7. The predicted octanol–water partition coefficient (Wildman–Crippen LogP) is 3.07. The van der Waals surface area contributed by atoms with Crippen LogP contribution in [0.3, 0.4) is 0 Å². The molecule has 0 spiro atoms. The number of carbonyl (C=O) groups is 1. The van der Waals surface area contributed by atoms with Crippen molar-refractivity contribution in [2.75, 3.05) is 7.05 Å². The van der Waals surface area contributed by atoms with E-state index in [1.807, 2.05) is 19.1 Å². The molecule has 0 aromatic carbocycles. The van der Waals surface area contributed by atoms with E-state index in [1.165, 1.54) is 23.0 Å². The van der Waals surface area contributed by atoms with Gasteiger partial charge in [0.05, 0.1) is 0 Å². The molecule has 0 aliphatic rings. The first-order chi connectivity index (χ1) is 15.1. The SMILES string of the molecule is CNC(=O)c1cc2c(-c3sc(C(C)(C)O)nc3Oc3ncccc3C)cn(C)c(=O)c2[nH]1. The zero-order chi connectivity index (χ0) is 23.2. The number of fused-ring (bicyclic) bond motifs is 1. The molecule has 10 heteroatoms. The number of nitrogens with one attached hydrogen (secondary N) is 2. The number of rotatable bonds is 5. The van der Waals surface area contributed by atoms with Crippen molar-refractivity contribution in [3.63, 3.8) is 0 Å². The number of amides is 1. The highest BCUT2D eigenvalue weighted by molar-refractivity contribution is 7.15. The molecule has 0 radical (unpaired) electrons. The molecule has 0 aliphatic carbocycles. The number of hydrogen-bond donors (Lipinski definition) is 3. The minimum Gasteiger partial charge on any atom is -0.419 e. The van der Waals surface area contributed by atoms with Gasteiger partial charge < -0.3 is 24.7 Å². The molecule has 1 amide bonds. The van der Waals surface area contributed by atoms with Crippen LogP contribution in [0.5, 0.6) is 11.8 Å². The Hall–Kier alpha value is -3.50. The lowest BCUT2D eigenvalue weighted by atomic mass is 10.1. The van der Waals surface area contributed by atoms with Crippen molar-refractivity contribution in [3.05, 3.63) is 57.2 Å². The van der Waals surface area contributed by atoms with E-state index in [0.29, 0.717) is 32.2 Å². The van der Waals surface area contributed by atoms with Crippen molar-refractivity contribution < 1.29 is 14.6 Å². The van der Waals surface area contributed by atoms with Gasteiger partial charge in [0.2, 0.25) is 11.8 Å². The first kappa shape index (κ1) is 21.7. The summed E-state index contributed by atoms with van der Waals surface area (Å²) in [6.07, 6.45) is 3.30. The Morgan fingerprint density at radius 1 is 1.34 bits per heavy atom. The van der Waals surface area contributed by atoms with Gasteiger partial charge in [-0.2, -0.15) is 0 Å². The van der Waals surface area contributed by atoms with Gasteiger partial charge in [0, 0.05) is 43.0 Å². The molecular weight excluding hydrogens is 430 g/mol. The molecule has 0 fully saturated rings. The van der Waals surface area contributed by atoms with Crippen LogP contribution in [0.15, 0.2) is 35.4 Å². The zero-order valence-electron chi connectivity index (χ0n) is 18.3. The molecule has 3 N–H and O–H groups in total. The summed E-state index contributed by atoms with van der Waals surface area (Å²) < 4.78 is 7.50. The van der Waals surface area contributed by atoms with Gasteiger partial charge in [-0.05, 0) is 32.9 Å². The summed E-state index contributed by atoms with van der Waals surface area (Å²) in [7, 11) is 3.15. The van der Waals surface area contributed by atoms with Crippen LogP contribution in [0.2, 0.25) is 0 Å². The van der Waals surface area contributed by atoms with Crippen LogP contribution < -0.4 is 15.6 Å². The van der Waals surface area contributed by atoms with E-state index in [1.54, 1.807) is 39.4 Å². The lowest BCUT2D eigenvalue weighted by molar-refractivity contribution is 0.0778. The third-order valence-corrected chi connectivity index (χ3v) is 6.34. The monoisotopic (exact) mass is 453 g/mol. The summed E-state index contributed by atoms with van der Waals surface area (Å²) in [6, 6.07) is 5.31. The molecule has 4 heterocycles. The number of carbonyl (C=O) groups excluding carboxylic acids is 1. The maximum atomic E-state index is 12.7. The quantitative estimate of drug-likeness (QED) is 0.427. The third kappa shape index (κ3) is 3.78. The number of nitrogens with zero attached hydrogens (tertiary/aromatic N) is 3. The minimum atomic E-state index is -1.20. The summed E-state index contributed by atoms with van der Waals surface area (Å²) in [6.45, 7) is 5.15. The number of thiazole rings is 1. The van der Waals surface area contributed by atoms with Gasteiger partial charge in [-0.3, -0.25) is 9.59 Å². The highest BCUT2D eigenvalue weighted by Crippen LogP contribution is 2.43. The van der Waals surface area contributed by atoms with Gasteiger partial charge in [0.25, 0.3) is 11.5 Å². The Morgan fingerprint density at radius 2 is 2.09 bits per heavy atom. The van der Waals surface area contributed by atoms with Crippen LogP contribution in [0, 0.1) is 6.92 Å². The average molecular weight is 454 g/mol. The average Bonchev–Trinajstić information content (AvgIpc) is 3.37. The fraction of sp³-hybridized carbons (Fsp3) is 0.273. The van der Waals surface area contributed by atoms with E-state index in [2.05, 4.69) is 20.3 Å². The van der Waals surface area contributed by atoms with Gasteiger partial charge in [0.15, 0.2) is 0 Å². The second-order valence-corrected chi connectivity index (χ2v) is 8.95. The van der Waals surface area contributed by atoms with Gasteiger partial charge in [-0.15, -0.1) is 11.3 Å². The van der Waals surface area contributed by atoms with E-state index in [4.69, 9.17) is 4.74 Å². The number of pyridine rings is 2. The van der Waals surface area contributed by atoms with Crippen LogP contribution in [0.1, 0.15) is 34.9 Å². The van der Waals surface area contributed by atoms with Crippen molar-refractivity contribution in [1.82, 2.24) is 24.8 Å². The molecule has 0 saturated carbocycles. The third-order valence-electron chi connectivity index (χ3n) is 4.96. The van der Waals surface area contributed by atoms with E-state index < -0.39 is 5.60 Å². The largest absolute Gasteiger partial charge is 0.419 e. The number of H-pyrrole nitrogens is 1. The van der Waals surface area contributed by atoms with Crippen molar-refractivity contribution in [2.24, 2.45) is 7.05 Å². The molecule has 32 heavy (non-hydrogen) atoms. The molecule has 0 atom stereocenters. The van der Waals surface area contributed by atoms with Crippen molar-refractivity contribution in [2.45, 2.75) is 26.4 Å². The molecule has 0 aliphatic heterocycles. The van der Waals surface area contributed by atoms with E-state index in [0.717, 1.165) is 5.56 Å². The number of ether oxygens (including phenoxy) is 1. The highest BCUT2D eigenvalue weighted by Gasteiger charge is 2.28. The minimum absolute atomic E-state index is 0.261. The lowest BCUT2D eigenvalue weighted by Crippen LogP contribution is -2.19. The summed E-state index contributed by atoms with van der Waals surface area (Å²) in [5.41, 5.74) is 0.555. The van der Waals surface area contributed by atoms with Crippen LogP contribution in [-0.4, -0.2) is 37.6 Å². The van der Waals surface area contributed by atoms with E-state index >= 15 is 0 Å². The van der Waals surface area contributed by atoms with Crippen LogP contribution in [0.25, 0.3) is 21.3 Å². The summed E-state index contributed by atoms with van der Waals surface area (Å²) in [4.78, 5) is 37.3. The van der Waals surface area contributed by atoms with E-state index in [9.17, 15) is 14.7 Å². The molecule has 4 aromatic heterocycles. The molecule has 166 valence electrons. The van der Waals surface area contributed by atoms with Crippen LogP contribution in [0.4, 0.5) is 0 Å². The Balaban J connectivity index is 1.98. The standard InChI is InChI=1S/C22H23N5O4S/c1-11-7-6-8-24-18(11)31-19-16(32-21(26-19)22(2,3)30)13-10-27(5)20(29)15-12(13)9-14(25-15)17(28)23-4/h6-10,25,30H,1-5H3,(H,23,28). The highest BCUT2D eigenvalue weighted by atomic mass is 32.1. The van der Waals surface area contributed by atoms with Crippen LogP contribution >= 0.6 is 11.3 Å². The number of aromatic nitrogens is 4. The Morgan fingerprint density at radius 3 is 2.75 bits per heavy atom. The van der Waals surface area contributed by atoms with Gasteiger partial charge >= 0.3 is 0 Å². The second-order valence-electron chi connectivity index (χ2n) is 7.95. The molecular formula is C22H23N5O4S. The lowest BCUT2D eigenvalue weighted by Gasteiger charge is -2.12. The predicted molar refractivity (Wildman–Crippen MR) is 122 cm³/mol. The summed E-state index contributed by atoms with van der Waals surface area (Å²) in [5.74, 6) is 0.315. The van der Waals surface area contributed by atoms with Crippen molar-refractivity contribution >= 4 is 28.1 Å². The first-order valence-corrected chi connectivity index (χ1v) is 10.7. The Bertz CT molecular complexity index is 1390. The van der Waals surface area contributed by atoms with Crippen molar-refractivity contribution in [1.29, 1.82) is 0 Å². The fourth-order valence-corrected chi connectivity index (χ4v) is 4.27. The Labute approximate surface area is 187 Å². The van der Waals surface area contributed by atoms with E-state index in [-0.39, 0.29) is 23.0 Å². The fourth-order valence-electron chi connectivity index (χ4n) is 3.25. The number of aromatic amines is 1. The van der Waals surface area contributed by atoms with Crippen LogP contribution in [-0.2, 0) is 12.6 Å². The first-order valence-electron chi connectivity index (χ1n) is 9.88. The topological polar surface area (TPSA) is 122 Å². The molecule has 0 unspecified atom stereocenters. The number of hydrogen-bond acceptors (Lipinski definition) is 7. The molecule has 0 saturated heterocycles. The number of aryl methyl sites for hydroxylation is 2. The molecule has 0 bridgehead atoms. The van der Waals surface area contributed by atoms with Gasteiger partial charge in [-0.25, -0.2) is 9.97 Å². The van der Waals surface area contributed by atoms with Gasteiger partial charge in [-0.1, -0.05) is 6.07 Å².